The van der Waals surface area contributed by atoms with Gasteiger partial charge in [0.2, 0.25) is 0 Å². The van der Waals surface area contributed by atoms with Crippen LogP contribution < -0.4 is 9.64 Å². The molecule has 0 bridgehead atoms. The lowest BCUT2D eigenvalue weighted by Gasteiger charge is -2.23. The predicted molar refractivity (Wildman–Crippen MR) is 108 cm³/mol. The fourth-order valence-electron chi connectivity index (χ4n) is 2.76. The van der Waals surface area contributed by atoms with E-state index in [4.69, 9.17) is 4.74 Å². The SMILES string of the molecule is CCCCc1ccc(OCCN(CC)c2ncnc(C)c2Br)c(C)c1. The van der Waals surface area contributed by atoms with Crippen LogP contribution in [0.1, 0.15) is 43.5 Å². The lowest BCUT2D eigenvalue weighted by atomic mass is 10.1. The van der Waals surface area contributed by atoms with E-state index < -0.39 is 0 Å². The molecule has 1 aromatic heterocycles. The number of rotatable bonds is 9. The third-order valence-electron chi connectivity index (χ3n) is 4.30. The lowest BCUT2D eigenvalue weighted by molar-refractivity contribution is 0.321. The summed E-state index contributed by atoms with van der Waals surface area (Å²) in [5.41, 5.74) is 3.54. The molecule has 4 nitrogen and oxygen atoms in total. The van der Waals surface area contributed by atoms with Crippen LogP contribution in [-0.2, 0) is 6.42 Å². The Hall–Kier alpha value is -1.62. The van der Waals surface area contributed by atoms with E-state index >= 15 is 0 Å². The zero-order valence-corrected chi connectivity index (χ0v) is 17.3. The van der Waals surface area contributed by atoms with Crippen molar-refractivity contribution >= 4 is 21.7 Å². The Bertz CT molecular complexity index is 691. The van der Waals surface area contributed by atoms with Gasteiger partial charge in [0.25, 0.3) is 0 Å². The fourth-order valence-corrected chi connectivity index (χ4v) is 3.21. The molecule has 5 heteroatoms. The first-order valence-corrected chi connectivity index (χ1v) is 9.80. The molecule has 0 fully saturated rings. The largest absolute Gasteiger partial charge is 0.491 e. The van der Waals surface area contributed by atoms with Gasteiger partial charge in [-0.1, -0.05) is 25.5 Å². The maximum Gasteiger partial charge on any atom is 0.146 e. The molecule has 0 radical (unpaired) electrons. The molecule has 2 rings (SSSR count). The first-order valence-electron chi connectivity index (χ1n) is 9.01. The van der Waals surface area contributed by atoms with E-state index in [2.05, 4.69) is 69.8 Å². The van der Waals surface area contributed by atoms with E-state index in [9.17, 15) is 0 Å². The third-order valence-corrected chi connectivity index (χ3v) is 5.23. The number of nitrogens with zero attached hydrogens (tertiary/aromatic N) is 3. The number of halogens is 1. The number of benzene rings is 1. The Morgan fingerprint density at radius 1 is 1.16 bits per heavy atom. The summed E-state index contributed by atoms with van der Waals surface area (Å²) in [4.78, 5) is 10.8. The highest BCUT2D eigenvalue weighted by Gasteiger charge is 2.12. The summed E-state index contributed by atoms with van der Waals surface area (Å²) in [6.07, 6.45) is 5.21. The van der Waals surface area contributed by atoms with Gasteiger partial charge in [-0.25, -0.2) is 9.97 Å². The summed E-state index contributed by atoms with van der Waals surface area (Å²) in [5.74, 6) is 1.89. The van der Waals surface area contributed by atoms with Gasteiger partial charge in [-0.2, -0.15) is 0 Å². The number of hydrogen-bond acceptors (Lipinski definition) is 4. The second kappa shape index (κ2) is 9.76. The minimum Gasteiger partial charge on any atom is -0.491 e. The molecule has 0 amide bonds. The Kier molecular flexibility index (Phi) is 7.69. The van der Waals surface area contributed by atoms with Crippen molar-refractivity contribution in [2.24, 2.45) is 0 Å². The normalized spacial score (nSPS) is 10.8. The second-order valence-corrected chi connectivity index (χ2v) is 7.02. The maximum atomic E-state index is 6.02. The molecule has 0 saturated heterocycles. The molecule has 0 saturated carbocycles. The lowest BCUT2D eigenvalue weighted by Crippen LogP contribution is -2.29. The standard InChI is InChI=1S/C20H28BrN3O/c1-5-7-8-17-9-10-18(15(3)13-17)25-12-11-24(6-2)20-19(21)16(4)22-14-23-20/h9-10,13-14H,5-8,11-12H2,1-4H3. The van der Waals surface area contributed by atoms with Crippen LogP contribution in [0.3, 0.4) is 0 Å². The molecule has 25 heavy (non-hydrogen) atoms. The summed E-state index contributed by atoms with van der Waals surface area (Å²) < 4.78 is 6.97. The molecule has 0 aliphatic rings. The average molecular weight is 406 g/mol. The van der Waals surface area contributed by atoms with Crippen molar-refractivity contribution < 1.29 is 4.74 Å². The minimum atomic E-state index is 0.623. The predicted octanol–water partition coefficient (Wildman–Crippen LogP) is 5.10. The van der Waals surface area contributed by atoms with Gasteiger partial charge in [0.05, 0.1) is 16.7 Å². The molecule has 136 valence electrons. The first-order chi connectivity index (χ1) is 12.1. The van der Waals surface area contributed by atoms with E-state index in [0.717, 1.165) is 41.2 Å². The number of hydrogen-bond donors (Lipinski definition) is 0. The zero-order chi connectivity index (χ0) is 18.2. The molecule has 0 unspecified atom stereocenters. The van der Waals surface area contributed by atoms with E-state index in [1.54, 1.807) is 6.33 Å². The monoisotopic (exact) mass is 405 g/mol. The number of ether oxygens (including phenoxy) is 1. The third kappa shape index (κ3) is 5.43. The van der Waals surface area contributed by atoms with Gasteiger partial charge >= 0.3 is 0 Å². The van der Waals surface area contributed by atoms with Crippen LogP contribution >= 0.6 is 15.9 Å². The van der Waals surface area contributed by atoms with Gasteiger partial charge in [-0.15, -0.1) is 0 Å². The summed E-state index contributed by atoms with van der Waals surface area (Å²) in [5, 5.41) is 0. The van der Waals surface area contributed by atoms with Gasteiger partial charge in [0.15, 0.2) is 0 Å². The van der Waals surface area contributed by atoms with Crippen LogP contribution in [-0.4, -0.2) is 29.7 Å². The summed E-state index contributed by atoms with van der Waals surface area (Å²) in [6.45, 7) is 10.7. The molecule has 0 spiro atoms. The van der Waals surface area contributed by atoms with Crippen molar-refractivity contribution in [3.8, 4) is 5.75 Å². The molecular weight excluding hydrogens is 378 g/mol. The van der Waals surface area contributed by atoms with Crippen molar-refractivity contribution in [2.75, 3.05) is 24.6 Å². The molecule has 0 aliphatic carbocycles. The van der Waals surface area contributed by atoms with E-state index in [1.165, 1.54) is 24.0 Å². The highest BCUT2D eigenvalue weighted by Crippen LogP contribution is 2.25. The maximum absolute atomic E-state index is 6.02. The Morgan fingerprint density at radius 2 is 1.96 bits per heavy atom. The van der Waals surface area contributed by atoms with Gasteiger partial charge in [-0.3, -0.25) is 0 Å². The van der Waals surface area contributed by atoms with Crippen LogP contribution in [0.4, 0.5) is 5.82 Å². The van der Waals surface area contributed by atoms with Crippen molar-refractivity contribution in [1.29, 1.82) is 0 Å². The molecule has 2 aromatic rings. The molecule has 0 aliphatic heterocycles. The van der Waals surface area contributed by atoms with Gasteiger partial charge in [0.1, 0.15) is 24.5 Å². The van der Waals surface area contributed by atoms with E-state index in [-0.39, 0.29) is 0 Å². The molecule has 1 aromatic carbocycles. The highest BCUT2D eigenvalue weighted by atomic mass is 79.9. The number of likely N-dealkylation sites (N-methyl/N-ethyl adjacent to an activating group) is 1. The molecule has 0 atom stereocenters. The number of aromatic nitrogens is 2. The average Bonchev–Trinajstić information content (AvgIpc) is 2.61. The minimum absolute atomic E-state index is 0.623. The summed E-state index contributed by atoms with van der Waals surface area (Å²) in [6, 6.07) is 6.52. The van der Waals surface area contributed by atoms with E-state index in [1.807, 2.05) is 6.92 Å². The van der Waals surface area contributed by atoms with E-state index in [0.29, 0.717) is 6.61 Å². The van der Waals surface area contributed by atoms with Crippen molar-refractivity contribution in [1.82, 2.24) is 9.97 Å². The van der Waals surface area contributed by atoms with Crippen LogP contribution in [0, 0.1) is 13.8 Å². The van der Waals surface area contributed by atoms with Gasteiger partial charge in [0, 0.05) is 6.54 Å². The highest BCUT2D eigenvalue weighted by molar-refractivity contribution is 9.10. The Balaban J connectivity index is 1.95. The smallest absolute Gasteiger partial charge is 0.146 e. The van der Waals surface area contributed by atoms with Crippen LogP contribution in [0.25, 0.3) is 0 Å². The Morgan fingerprint density at radius 3 is 2.64 bits per heavy atom. The van der Waals surface area contributed by atoms with Crippen molar-refractivity contribution in [2.45, 2.75) is 47.0 Å². The zero-order valence-electron chi connectivity index (χ0n) is 15.7. The fraction of sp³-hybridized carbons (Fsp3) is 0.500. The summed E-state index contributed by atoms with van der Waals surface area (Å²) >= 11 is 3.59. The Labute approximate surface area is 159 Å². The summed E-state index contributed by atoms with van der Waals surface area (Å²) in [7, 11) is 0. The first kappa shape index (κ1) is 19.7. The van der Waals surface area contributed by atoms with Gasteiger partial charge in [-0.05, 0) is 66.7 Å². The van der Waals surface area contributed by atoms with Crippen LogP contribution in [0.5, 0.6) is 5.75 Å². The quantitative estimate of drug-likeness (QED) is 0.581. The van der Waals surface area contributed by atoms with Crippen molar-refractivity contribution in [3.05, 3.63) is 45.8 Å². The van der Waals surface area contributed by atoms with Gasteiger partial charge < -0.3 is 9.64 Å². The van der Waals surface area contributed by atoms with Crippen LogP contribution in [0.2, 0.25) is 0 Å². The second-order valence-electron chi connectivity index (χ2n) is 6.23. The van der Waals surface area contributed by atoms with Crippen molar-refractivity contribution in [3.63, 3.8) is 0 Å². The number of anilines is 1. The molecule has 1 heterocycles. The molecular formula is C20H28BrN3O. The number of unbranched alkanes of at least 4 members (excludes halogenated alkanes) is 1. The topological polar surface area (TPSA) is 38.2 Å². The van der Waals surface area contributed by atoms with Crippen LogP contribution in [0.15, 0.2) is 29.0 Å². The number of aryl methyl sites for hydroxylation is 3. The molecule has 0 N–H and O–H groups in total.